The van der Waals surface area contributed by atoms with Gasteiger partial charge in [0, 0.05) is 5.56 Å². The van der Waals surface area contributed by atoms with Gasteiger partial charge >= 0.3 is 0 Å². The fourth-order valence-electron chi connectivity index (χ4n) is 2.62. The lowest BCUT2D eigenvalue weighted by atomic mass is 10.1. The van der Waals surface area contributed by atoms with E-state index in [0.717, 1.165) is 15.6 Å². The number of benzene rings is 2. The van der Waals surface area contributed by atoms with Crippen molar-refractivity contribution in [2.75, 3.05) is 5.01 Å². The second-order valence-corrected chi connectivity index (χ2v) is 7.54. The molecule has 2 aromatic carbocycles. The van der Waals surface area contributed by atoms with Crippen molar-refractivity contribution in [2.45, 2.75) is 0 Å². The molecule has 4 nitrogen and oxygen atoms in total. The average molecular weight is 387 g/mol. The molecular formula is C21H13N3OS2. The van der Waals surface area contributed by atoms with Crippen molar-refractivity contribution >= 4 is 39.6 Å². The number of thioether (sulfide) groups is 1. The van der Waals surface area contributed by atoms with Crippen molar-refractivity contribution in [1.29, 1.82) is 5.26 Å². The highest BCUT2D eigenvalue weighted by Crippen LogP contribution is 2.40. The second-order valence-electron chi connectivity index (χ2n) is 5.62. The predicted octanol–water partition coefficient (Wildman–Crippen LogP) is 5.28. The van der Waals surface area contributed by atoms with Crippen molar-refractivity contribution in [1.82, 2.24) is 0 Å². The smallest absolute Gasteiger partial charge is 0.206 e. The topological polar surface area (TPSA) is 56.5 Å². The molecule has 0 spiro atoms. The van der Waals surface area contributed by atoms with Gasteiger partial charge in [-0.3, -0.25) is 4.79 Å². The summed E-state index contributed by atoms with van der Waals surface area (Å²) in [4.78, 5) is 14.0. The molecule has 2 heterocycles. The van der Waals surface area contributed by atoms with Crippen LogP contribution >= 0.6 is 23.1 Å². The molecule has 1 aromatic heterocycles. The van der Waals surface area contributed by atoms with E-state index in [9.17, 15) is 10.1 Å². The standard InChI is InChI=1S/C21H13N3OS2/c22-14-17(19(25)15-8-3-1-4-9-15)21-24(16-10-5-2-6-11-16)23-20(27-21)18-12-7-13-26-18/h1-13H/b21-17-. The number of hydrazone groups is 1. The SMILES string of the molecule is N#C/C(C(=O)c1ccccc1)=C1/SC(c2cccs2)=NN1c1ccccc1. The molecule has 0 unspecified atom stereocenters. The Morgan fingerprint density at radius 2 is 1.67 bits per heavy atom. The molecular weight excluding hydrogens is 374 g/mol. The fraction of sp³-hybridized carbons (Fsp3) is 0. The molecule has 1 aliphatic heterocycles. The summed E-state index contributed by atoms with van der Waals surface area (Å²) in [5.41, 5.74) is 1.38. The molecule has 0 radical (unpaired) electrons. The van der Waals surface area contributed by atoms with Gasteiger partial charge in [-0.1, -0.05) is 54.6 Å². The Bertz CT molecular complexity index is 1070. The van der Waals surface area contributed by atoms with Crippen molar-refractivity contribution in [3.8, 4) is 6.07 Å². The van der Waals surface area contributed by atoms with Crippen LogP contribution in [0.25, 0.3) is 0 Å². The average Bonchev–Trinajstić information content (AvgIpc) is 3.40. The number of thiophene rings is 1. The van der Waals surface area contributed by atoms with Gasteiger partial charge < -0.3 is 0 Å². The summed E-state index contributed by atoms with van der Waals surface area (Å²) < 4.78 is 0. The molecule has 0 N–H and O–H groups in total. The van der Waals surface area contributed by atoms with Gasteiger partial charge in [0.15, 0.2) is 0 Å². The van der Waals surface area contributed by atoms with E-state index in [2.05, 4.69) is 11.2 Å². The van der Waals surface area contributed by atoms with Gasteiger partial charge in [0.05, 0.1) is 10.6 Å². The molecule has 6 heteroatoms. The van der Waals surface area contributed by atoms with Crippen molar-refractivity contribution in [3.63, 3.8) is 0 Å². The van der Waals surface area contributed by atoms with E-state index in [0.29, 0.717) is 10.6 Å². The van der Waals surface area contributed by atoms with E-state index in [1.165, 1.54) is 11.8 Å². The Labute approximate surface area is 165 Å². The molecule has 0 bridgehead atoms. The normalized spacial score (nSPS) is 15.2. The van der Waals surface area contributed by atoms with E-state index in [-0.39, 0.29) is 11.4 Å². The van der Waals surface area contributed by atoms with Crippen LogP contribution in [-0.4, -0.2) is 10.8 Å². The fourth-order valence-corrected chi connectivity index (χ4v) is 4.44. The number of anilines is 1. The first kappa shape index (κ1) is 17.3. The van der Waals surface area contributed by atoms with Crippen LogP contribution in [0, 0.1) is 11.3 Å². The largest absolute Gasteiger partial charge is 0.288 e. The molecule has 0 aliphatic carbocycles. The highest BCUT2D eigenvalue weighted by molar-refractivity contribution is 8.18. The van der Waals surface area contributed by atoms with Crippen LogP contribution in [0.4, 0.5) is 5.69 Å². The number of carbonyl (C=O) groups is 1. The number of hydrogen-bond donors (Lipinski definition) is 0. The van der Waals surface area contributed by atoms with Crippen LogP contribution in [0.1, 0.15) is 15.2 Å². The van der Waals surface area contributed by atoms with Crippen molar-refractivity contribution < 1.29 is 4.79 Å². The van der Waals surface area contributed by atoms with Crippen LogP contribution in [0.2, 0.25) is 0 Å². The van der Waals surface area contributed by atoms with Crippen molar-refractivity contribution in [3.05, 3.63) is 99.2 Å². The van der Waals surface area contributed by atoms with E-state index < -0.39 is 0 Å². The Hall–Kier alpha value is -3.14. The first-order valence-corrected chi connectivity index (χ1v) is 9.87. The number of rotatable bonds is 4. The van der Waals surface area contributed by atoms with Crippen LogP contribution in [0.5, 0.6) is 0 Å². The minimum absolute atomic E-state index is 0.0883. The van der Waals surface area contributed by atoms with Gasteiger partial charge in [-0.05, 0) is 35.3 Å². The first-order chi connectivity index (χ1) is 13.3. The Morgan fingerprint density at radius 3 is 2.30 bits per heavy atom. The molecule has 27 heavy (non-hydrogen) atoms. The summed E-state index contributed by atoms with van der Waals surface area (Å²) in [6.45, 7) is 0. The monoisotopic (exact) mass is 387 g/mol. The summed E-state index contributed by atoms with van der Waals surface area (Å²) in [5, 5.41) is 19.4. The third kappa shape index (κ3) is 3.43. The number of Topliss-reactive ketones (excluding diaryl/α,β-unsaturated/α-hetero) is 1. The van der Waals surface area contributed by atoms with Crippen LogP contribution < -0.4 is 5.01 Å². The van der Waals surface area contributed by atoms with E-state index in [1.54, 1.807) is 40.6 Å². The highest BCUT2D eigenvalue weighted by Gasteiger charge is 2.30. The maximum Gasteiger partial charge on any atom is 0.206 e. The van der Waals surface area contributed by atoms with E-state index in [4.69, 9.17) is 0 Å². The highest BCUT2D eigenvalue weighted by atomic mass is 32.2. The second kappa shape index (κ2) is 7.62. The molecule has 0 atom stereocenters. The summed E-state index contributed by atoms with van der Waals surface area (Å²) >= 11 is 2.92. The third-order valence-corrected chi connectivity index (χ3v) is 5.97. The van der Waals surface area contributed by atoms with Gasteiger partial charge in [0.25, 0.3) is 0 Å². The maximum absolute atomic E-state index is 13.0. The van der Waals surface area contributed by atoms with Gasteiger partial charge in [0.2, 0.25) is 5.78 Å². The summed E-state index contributed by atoms with van der Waals surface area (Å²) in [5.74, 6) is -0.302. The summed E-state index contributed by atoms with van der Waals surface area (Å²) in [6.07, 6.45) is 0. The lowest BCUT2D eigenvalue weighted by Gasteiger charge is -2.16. The minimum Gasteiger partial charge on any atom is -0.288 e. The molecule has 1 aliphatic rings. The molecule has 3 aromatic rings. The van der Waals surface area contributed by atoms with Gasteiger partial charge in [-0.2, -0.15) is 10.4 Å². The third-order valence-electron chi connectivity index (χ3n) is 3.90. The summed E-state index contributed by atoms with van der Waals surface area (Å²) in [6, 6.07) is 24.4. The number of hydrogen-bond acceptors (Lipinski definition) is 6. The number of para-hydroxylation sites is 1. The Morgan fingerprint density at radius 1 is 0.963 bits per heavy atom. The number of ketones is 1. The van der Waals surface area contributed by atoms with Crippen LogP contribution in [0.15, 0.2) is 93.9 Å². The molecule has 0 saturated heterocycles. The van der Waals surface area contributed by atoms with Gasteiger partial charge in [-0.25, -0.2) is 5.01 Å². The number of carbonyl (C=O) groups excluding carboxylic acids is 1. The van der Waals surface area contributed by atoms with Gasteiger partial charge in [-0.15, -0.1) is 11.3 Å². The quantitative estimate of drug-likeness (QED) is 0.347. The first-order valence-electron chi connectivity index (χ1n) is 8.17. The molecule has 0 fully saturated rings. The van der Waals surface area contributed by atoms with Crippen LogP contribution in [-0.2, 0) is 0 Å². The zero-order valence-electron chi connectivity index (χ0n) is 14.1. The van der Waals surface area contributed by atoms with Gasteiger partial charge in [0.1, 0.15) is 21.7 Å². The van der Waals surface area contributed by atoms with Crippen LogP contribution in [0.3, 0.4) is 0 Å². The maximum atomic E-state index is 13.0. The molecule has 0 amide bonds. The zero-order chi connectivity index (χ0) is 18.6. The molecule has 4 rings (SSSR count). The molecule has 130 valence electrons. The van der Waals surface area contributed by atoms with E-state index in [1.807, 2.05) is 53.9 Å². The lowest BCUT2D eigenvalue weighted by molar-refractivity contribution is 0.103. The van der Waals surface area contributed by atoms with E-state index >= 15 is 0 Å². The Balaban J connectivity index is 1.82. The number of nitriles is 1. The number of nitrogens with zero attached hydrogens (tertiary/aromatic N) is 3. The lowest BCUT2D eigenvalue weighted by Crippen LogP contribution is -2.15. The number of allylic oxidation sites excluding steroid dienone is 1. The summed E-state index contributed by atoms with van der Waals surface area (Å²) in [7, 11) is 0. The Kier molecular flexibility index (Phi) is 4.88. The molecule has 0 saturated carbocycles. The minimum atomic E-state index is -0.302. The predicted molar refractivity (Wildman–Crippen MR) is 111 cm³/mol. The zero-order valence-corrected chi connectivity index (χ0v) is 15.7. The van der Waals surface area contributed by atoms with Crippen molar-refractivity contribution in [2.24, 2.45) is 5.10 Å².